The molecular weight excluding hydrogens is 365 g/mol. The summed E-state index contributed by atoms with van der Waals surface area (Å²) in [6.07, 6.45) is -5.22. The van der Waals surface area contributed by atoms with Gasteiger partial charge in [0.25, 0.3) is 5.91 Å². The molecule has 1 amide bonds. The van der Waals surface area contributed by atoms with Crippen LogP contribution in [0.1, 0.15) is 33.2 Å². The molecular formula is C22H17F3N2O. The number of alkyl halides is 3. The zero-order valence-corrected chi connectivity index (χ0v) is 15.0. The monoisotopic (exact) mass is 382 g/mol. The third-order valence-electron chi connectivity index (χ3n) is 4.83. The molecule has 0 fully saturated rings. The maximum absolute atomic E-state index is 13.3. The summed E-state index contributed by atoms with van der Waals surface area (Å²) >= 11 is 0. The smallest absolute Gasteiger partial charge is 0.360 e. The number of para-hydroxylation sites is 2. The zero-order chi connectivity index (χ0) is 19.9. The van der Waals surface area contributed by atoms with Crippen molar-refractivity contribution in [1.29, 1.82) is 0 Å². The summed E-state index contributed by atoms with van der Waals surface area (Å²) in [5, 5.41) is 3.24. The molecule has 0 bridgehead atoms. The summed E-state index contributed by atoms with van der Waals surface area (Å²) in [6, 6.07) is 19.4. The Kier molecular flexibility index (Phi) is 4.34. The van der Waals surface area contributed by atoms with Crippen LogP contribution in [0.15, 0.2) is 72.8 Å². The van der Waals surface area contributed by atoms with Gasteiger partial charge < -0.3 is 5.32 Å². The third-order valence-corrected chi connectivity index (χ3v) is 4.83. The number of hydrogen-bond donors (Lipinski definition) is 1. The van der Waals surface area contributed by atoms with E-state index in [1.54, 1.807) is 42.5 Å². The molecule has 4 rings (SSSR count). The summed E-state index contributed by atoms with van der Waals surface area (Å²) in [6.45, 7) is 1.87. The lowest BCUT2D eigenvalue weighted by atomic mass is 10.00. The van der Waals surface area contributed by atoms with Gasteiger partial charge in [0, 0.05) is 11.4 Å². The van der Waals surface area contributed by atoms with E-state index in [1.807, 2.05) is 19.1 Å². The van der Waals surface area contributed by atoms with Gasteiger partial charge >= 0.3 is 6.18 Å². The van der Waals surface area contributed by atoms with Crippen molar-refractivity contribution in [1.82, 2.24) is 0 Å². The molecule has 3 aromatic carbocycles. The minimum Gasteiger partial charge on any atom is -0.360 e. The maximum atomic E-state index is 13.3. The SMILES string of the molecule is Cc1ccccc1N1C(=O)c2ccccc2NC1c1cccc(C(F)(F)F)c1. The molecule has 1 aliphatic heterocycles. The van der Waals surface area contributed by atoms with Crippen molar-refractivity contribution in [2.75, 3.05) is 10.2 Å². The van der Waals surface area contributed by atoms with Crippen LogP contribution in [0.5, 0.6) is 0 Å². The number of aryl methyl sites for hydroxylation is 1. The van der Waals surface area contributed by atoms with Crippen LogP contribution in [-0.4, -0.2) is 5.91 Å². The summed E-state index contributed by atoms with van der Waals surface area (Å²) in [4.78, 5) is 14.8. The minimum absolute atomic E-state index is 0.258. The summed E-state index contributed by atoms with van der Waals surface area (Å²) < 4.78 is 39.7. The molecule has 28 heavy (non-hydrogen) atoms. The van der Waals surface area contributed by atoms with Crippen molar-refractivity contribution in [3.63, 3.8) is 0 Å². The van der Waals surface area contributed by atoms with Crippen molar-refractivity contribution < 1.29 is 18.0 Å². The number of rotatable bonds is 2. The molecule has 1 atom stereocenters. The van der Waals surface area contributed by atoms with Crippen LogP contribution < -0.4 is 10.2 Å². The molecule has 0 saturated heterocycles. The van der Waals surface area contributed by atoms with Crippen LogP contribution in [0.3, 0.4) is 0 Å². The van der Waals surface area contributed by atoms with Crippen molar-refractivity contribution in [2.45, 2.75) is 19.3 Å². The van der Waals surface area contributed by atoms with E-state index in [9.17, 15) is 18.0 Å². The third kappa shape index (κ3) is 3.11. The molecule has 0 spiro atoms. The number of amides is 1. The normalized spacial score (nSPS) is 16.5. The summed E-state index contributed by atoms with van der Waals surface area (Å²) in [5.74, 6) is -0.258. The first-order valence-electron chi connectivity index (χ1n) is 8.78. The highest BCUT2D eigenvalue weighted by molar-refractivity contribution is 6.12. The second kappa shape index (κ2) is 6.71. The zero-order valence-electron chi connectivity index (χ0n) is 15.0. The number of fused-ring (bicyclic) bond motifs is 1. The molecule has 1 unspecified atom stereocenters. The highest BCUT2D eigenvalue weighted by atomic mass is 19.4. The van der Waals surface area contributed by atoms with Crippen LogP contribution >= 0.6 is 0 Å². The van der Waals surface area contributed by atoms with Gasteiger partial charge in [-0.05, 0) is 48.4 Å². The first-order chi connectivity index (χ1) is 13.4. The van der Waals surface area contributed by atoms with Gasteiger partial charge in [-0.15, -0.1) is 0 Å². The molecule has 142 valence electrons. The number of anilines is 2. The Hall–Kier alpha value is -3.28. The van der Waals surface area contributed by atoms with Gasteiger partial charge in [0.1, 0.15) is 6.17 Å². The highest BCUT2D eigenvalue weighted by Crippen LogP contribution is 2.39. The largest absolute Gasteiger partial charge is 0.416 e. The molecule has 1 aliphatic rings. The van der Waals surface area contributed by atoms with Crippen molar-refractivity contribution in [2.24, 2.45) is 0 Å². The van der Waals surface area contributed by atoms with Crippen LogP contribution in [0.2, 0.25) is 0 Å². The van der Waals surface area contributed by atoms with Gasteiger partial charge in [-0.1, -0.05) is 42.5 Å². The number of carbonyl (C=O) groups is 1. The van der Waals surface area contributed by atoms with E-state index in [4.69, 9.17) is 0 Å². The van der Waals surface area contributed by atoms with Gasteiger partial charge in [-0.2, -0.15) is 13.2 Å². The lowest BCUT2D eigenvalue weighted by Crippen LogP contribution is -2.43. The average molecular weight is 382 g/mol. The summed E-state index contributed by atoms with van der Waals surface area (Å²) in [7, 11) is 0. The Morgan fingerprint density at radius 3 is 2.39 bits per heavy atom. The standard InChI is InChI=1S/C22H17F3N2O/c1-14-7-2-5-12-19(14)27-20(15-8-6-9-16(13-15)22(23,24)25)26-18-11-4-3-10-17(18)21(27)28/h2-13,20,26H,1H3. The molecule has 0 saturated carbocycles. The molecule has 0 aromatic heterocycles. The lowest BCUT2D eigenvalue weighted by molar-refractivity contribution is -0.137. The molecule has 3 aromatic rings. The second-order valence-electron chi connectivity index (χ2n) is 6.68. The Morgan fingerprint density at radius 1 is 0.929 bits per heavy atom. The van der Waals surface area contributed by atoms with E-state index in [1.165, 1.54) is 11.0 Å². The fourth-order valence-electron chi connectivity index (χ4n) is 3.45. The van der Waals surface area contributed by atoms with E-state index in [2.05, 4.69) is 5.32 Å². The molecule has 0 aliphatic carbocycles. The number of halogens is 3. The predicted octanol–water partition coefficient (Wildman–Crippen LogP) is 5.78. The Bertz CT molecular complexity index is 1050. The minimum atomic E-state index is -4.46. The fourth-order valence-corrected chi connectivity index (χ4v) is 3.45. The predicted molar refractivity (Wildman–Crippen MR) is 102 cm³/mol. The van der Waals surface area contributed by atoms with Crippen molar-refractivity contribution in [3.05, 3.63) is 95.1 Å². The van der Waals surface area contributed by atoms with Gasteiger partial charge in [0.15, 0.2) is 0 Å². The quantitative estimate of drug-likeness (QED) is 0.609. The van der Waals surface area contributed by atoms with Gasteiger partial charge in [0.2, 0.25) is 0 Å². The molecule has 1 heterocycles. The molecule has 3 nitrogen and oxygen atoms in total. The first kappa shape index (κ1) is 18.1. The maximum Gasteiger partial charge on any atom is 0.416 e. The molecule has 6 heteroatoms. The Labute approximate surface area is 160 Å². The van der Waals surface area contributed by atoms with E-state index >= 15 is 0 Å². The van der Waals surface area contributed by atoms with E-state index < -0.39 is 17.9 Å². The number of nitrogens with zero attached hydrogens (tertiary/aromatic N) is 1. The number of carbonyl (C=O) groups excluding carboxylic acids is 1. The fraction of sp³-hybridized carbons (Fsp3) is 0.136. The van der Waals surface area contributed by atoms with Gasteiger partial charge in [-0.25, -0.2) is 0 Å². The van der Waals surface area contributed by atoms with E-state index in [-0.39, 0.29) is 5.91 Å². The van der Waals surface area contributed by atoms with Gasteiger partial charge in [-0.3, -0.25) is 9.69 Å². The number of hydrogen-bond acceptors (Lipinski definition) is 2. The van der Waals surface area contributed by atoms with Crippen molar-refractivity contribution >= 4 is 17.3 Å². The number of nitrogens with one attached hydrogen (secondary N) is 1. The van der Waals surface area contributed by atoms with Crippen molar-refractivity contribution in [3.8, 4) is 0 Å². The topological polar surface area (TPSA) is 32.3 Å². The van der Waals surface area contributed by atoms with Crippen LogP contribution in [0.25, 0.3) is 0 Å². The van der Waals surface area contributed by atoms with E-state index in [0.29, 0.717) is 22.5 Å². The average Bonchev–Trinajstić information content (AvgIpc) is 2.68. The first-order valence-corrected chi connectivity index (χ1v) is 8.78. The second-order valence-corrected chi connectivity index (χ2v) is 6.68. The highest BCUT2D eigenvalue weighted by Gasteiger charge is 2.36. The Balaban J connectivity index is 1.89. The van der Waals surface area contributed by atoms with Crippen LogP contribution in [0, 0.1) is 6.92 Å². The molecule has 0 radical (unpaired) electrons. The Morgan fingerprint density at radius 2 is 1.64 bits per heavy atom. The summed E-state index contributed by atoms with van der Waals surface area (Å²) in [5.41, 5.74) is 2.20. The number of benzene rings is 3. The molecule has 1 N–H and O–H groups in total. The van der Waals surface area contributed by atoms with Crippen LogP contribution in [-0.2, 0) is 6.18 Å². The van der Waals surface area contributed by atoms with Gasteiger partial charge in [0.05, 0.1) is 11.1 Å². The van der Waals surface area contributed by atoms with E-state index in [0.717, 1.165) is 17.7 Å². The van der Waals surface area contributed by atoms with Crippen LogP contribution in [0.4, 0.5) is 24.5 Å². The lowest BCUT2D eigenvalue weighted by Gasteiger charge is -2.39.